The third-order valence-corrected chi connectivity index (χ3v) is 2.10. The highest BCUT2D eigenvalue weighted by molar-refractivity contribution is 5.66. The van der Waals surface area contributed by atoms with Gasteiger partial charge in [-0.15, -0.1) is 0 Å². The molecule has 1 aliphatic rings. The van der Waals surface area contributed by atoms with E-state index in [1.165, 1.54) is 6.92 Å². The molecular formula is C8H14O6. The van der Waals surface area contributed by atoms with Crippen molar-refractivity contribution in [2.45, 2.75) is 44.6 Å². The molecule has 0 unspecified atom stereocenters. The highest BCUT2D eigenvalue weighted by atomic mass is 16.7. The maximum Gasteiger partial charge on any atom is 0.303 e. The predicted octanol–water partition coefficient (Wildman–Crippen LogP) is -1.62. The van der Waals surface area contributed by atoms with Gasteiger partial charge in [0.2, 0.25) is 0 Å². The molecule has 0 aromatic rings. The van der Waals surface area contributed by atoms with Gasteiger partial charge in [0.25, 0.3) is 0 Å². The predicted molar refractivity (Wildman–Crippen MR) is 44.1 cm³/mol. The Kier molecular flexibility index (Phi) is 3.43. The van der Waals surface area contributed by atoms with Crippen LogP contribution in [0.5, 0.6) is 0 Å². The van der Waals surface area contributed by atoms with Gasteiger partial charge in [-0.05, 0) is 6.92 Å². The number of hydrogen-bond acceptors (Lipinski definition) is 6. The molecule has 1 saturated heterocycles. The summed E-state index contributed by atoms with van der Waals surface area (Å²) in [5.74, 6) is -0.654. The van der Waals surface area contributed by atoms with Crippen LogP contribution in [0.1, 0.15) is 13.8 Å². The molecule has 1 fully saturated rings. The number of ether oxygens (including phenoxy) is 2. The lowest BCUT2D eigenvalue weighted by Crippen LogP contribution is -2.57. The summed E-state index contributed by atoms with van der Waals surface area (Å²) < 4.78 is 9.46. The zero-order chi connectivity index (χ0) is 10.9. The lowest BCUT2D eigenvalue weighted by molar-refractivity contribution is -0.282. The molecule has 0 aromatic carbocycles. The van der Waals surface area contributed by atoms with Gasteiger partial charge in [-0.25, -0.2) is 0 Å². The fraction of sp³-hybridized carbons (Fsp3) is 0.875. The third kappa shape index (κ3) is 2.21. The van der Waals surface area contributed by atoms with Gasteiger partial charge >= 0.3 is 5.97 Å². The van der Waals surface area contributed by atoms with Crippen LogP contribution in [0, 0.1) is 0 Å². The summed E-state index contributed by atoms with van der Waals surface area (Å²) in [5.41, 5.74) is 0. The molecule has 0 aliphatic carbocycles. The lowest BCUT2D eigenvalue weighted by atomic mass is 10.00. The van der Waals surface area contributed by atoms with Crippen molar-refractivity contribution in [1.29, 1.82) is 0 Å². The van der Waals surface area contributed by atoms with Gasteiger partial charge in [0, 0.05) is 6.92 Å². The maximum atomic E-state index is 10.6. The Balaban J connectivity index is 2.68. The number of aliphatic hydroxyl groups excluding tert-OH is 3. The number of aliphatic hydroxyl groups is 3. The summed E-state index contributed by atoms with van der Waals surface area (Å²) in [5, 5.41) is 28.1. The van der Waals surface area contributed by atoms with Gasteiger partial charge in [0.05, 0.1) is 6.10 Å². The Morgan fingerprint density at radius 3 is 2.36 bits per heavy atom. The number of carbonyl (C=O) groups is 1. The Morgan fingerprint density at radius 2 is 1.86 bits per heavy atom. The van der Waals surface area contributed by atoms with Crippen molar-refractivity contribution < 1.29 is 29.6 Å². The fourth-order valence-electron chi connectivity index (χ4n) is 1.34. The highest BCUT2D eigenvalue weighted by Crippen LogP contribution is 2.21. The third-order valence-electron chi connectivity index (χ3n) is 2.10. The van der Waals surface area contributed by atoms with Crippen molar-refractivity contribution in [3.63, 3.8) is 0 Å². The minimum atomic E-state index is -1.41. The first-order valence-corrected chi connectivity index (χ1v) is 4.30. The standard InChI is InChI=1S/C8H14O6/c1-3-5(10)6(11)7(8(12)13-3)14-4(2)9/h3,5-8,10-12H,1-2H3/t3-,5+,6+,7+,8+/m0/s1. The van der Waals surface area contributed by atoms with Gasteiger partial charge < -0.3 is 24.8 Å². The minimum Gasteiger partial charge on any atom is -0.454 e. The molecule has 6 nitrogen and oxygen atoms in total. The lowest BCUT2D eigenvalue weighted by Gasteiger charge is -2.38. The van der Waals surface area contributed by atoms with Crippen molar-refractivity contribution >= 4 is 5.97 Å². The van der Waals surface area contributed by atoms with E-state index in [2.05, 4.69) is 4.74 Å². The van der Waals surface area contributed by atoms with Crippen LogP contribution in [0.15, 0.2) is 0 Å². The smallest absolute Gasteiger partial charge is 0.303 e. The van der Waals surface area contributed by atoms with Gasteiger partial charge in [0.1, 0.15) is 12.2 Å². The Labute approximate surface area is 81.1 Å². The van der Waals surface area contributed by atoms with Crippen molar-refractivity contribution in [3.8, 4) is 0 Å². The first kappa shape index (κ1) is 11.4. The van der Waals surface area contributed by atoms with Crippen LogP contribution >= 0.6 is 0 Å². The molecule has 3 N–H and O–H groups in total. The molecule has 0 aromatic heterocycles. The van der Waals surface area contributed by atoms with E-state index in [-0.39, 0.29) is 0 Å². The Hall–Kier alpha value is -0.690. The molecule has 5 atom stereocenters. The molecule has 1 aliphatic heterocycles. The van der Waals surface area contributed by atoms with Gasteiger partial charge in [-0.3, -0.25) is 4.79 Å². The van der Waals surface area contributed by atoms with E-state index in [0.717, 1.165) is 6.92 Å². The highest BCUT2D eigenvalue weighted by Gasteiger charge is 2.43. The number of hydrogen-bond donors (Lipinski definition) is 3. The van der Waals surface area contributed by atoms with Crippen molar-refractivity contribution in [2.24, 2.45) is 0 Å². The van der Waals surface area contributed by atoms with Crippen LogP contribution in [0.2, 0.25) is 0 Å². The van der Waals surface area contributed by atoms with Crippen molar-refractivity contribution in [1.82, 2.24) is 0 Å². The first-order chi connectivity index (χ1) is 6.43. The van der Waals surface area contributed by atoms with Crippen LogP contribution in [0.4, 0.5) is 0 Å². The van der Waals surface area contributed by atoms with E-state index >= 15 is 0 Å². The fourth-order valence-corrected chi connectivity index (χ4v) is 1.34. The molecule has 1 rings (SSSR count). The van der Waals surface area contributed by atoms with Crippen LogP contribution in [0.3, 0.4) is 0 Å². The van der Waals surface area contributed by atoms with E-state index in [1.807, 2.05) is 0 Å². The van der Waals surface area contributed by atoms with E-state index in [9.17, 15) is 20.1 Å². The van der Waals surface area contributed by atoms with E-state index in [0.29, 0.717) is 0 Å². The van der Waals surface area contributed by atoms with Crippen LogP contribution in [-0.2, 0) is 14.3 Å². The van der Waals surface area contributed by atoms with Crippen molar-refractivity contribution in [3.05, 3.63) is 0 Å². The summed E-state index contributed by atoms with van der Waals surface area (Å²) >= 11 is 0. The number of carbonyl (C=O) groups excluding carboxylic acids is 1. The largest absolute Gasteiger partial charge is 0.454 e. The van der Waals surface area contributed by atoms with Gasteiger partial charge in [-0.2, -0.15) is 0 Å². The zero-order valence-corrected chi connectivity index (χ0v) is 7.95. The summed E-state index contributed by atoms with van der Waals surface area (Å²) in [6.07, 6.45) is -5.86. The molecule has 82 valence electrons. The summed E-state index contributed by atoms with van der Waals surface area (Å²) in [4.78, 5) is 10.6. The molecule has 1 heterocycles. The average Bonchev–Trinajstić information content (AvgIpc) is 2.09. The van der Waals surface area contributed by atoms with E-state index in [4.69, 9.17) is 4.74 Å². The molecule has 0 spiro atoms. The Bertz CT molecular complexity index is 218. The first-order valence-electron chi connectivity index (χ1n) is 4.30. The maximum absolute atomic E-state index is 10.6. The average molecular weight is 206 g/mol. The second kappa shape index (κ2) is 4.22. The number of esters is 1. The Morgan fingerprint density at radius 1 is 1.29 bits per heavy atom. The molecule has 14 heavy (non-hydrogen) atoms. The molecule has 0 amide bonds. The second-order valence-corrected chi connectivity index (χ2v) is 3.29. The van der Waals surface area contributed by atoms with Crippen LogP contribution in [0.25, 0.3) is 0 Å². The quantitative estimate of drug-likeness (QED) is 0.446. The van der Waals surface area contributed by atoms with Gasteiger partial charge in [-0.1, -0.05) is 0 Å². The van der Waals surface area contributed by atoms with Crippen LogP contribution in [-0.4, -0.2) is 52.0 Å². The van der Waals surface area contributed by atoms with Crippen LogP contribution < -0.4 is 0 Å². The zero-order valence-electron chi connectivity index (χ0n) is 7.95. The molecule has 0 bridgehead atoms. The molecule has 0 saturated carbocycles. The van der Waals surface area contributed by atoms with E-state index < -0.39 is 36.7 Å². The number of rotatable bonds is 1. The normalized spacial score (nSPS) is 43.4. The molecule has 0 radical (unpaired) electrons. The second-order valence-electron chi connectivity index (χ2n) is 3.29. The monoisotopic (exact) mass is 206 g/mol. The summed E-state index contributed by atoms with van der Waals surface area (Å²) in [7, 11) is 0. The molecule has 6 heteroatoms. The van der Waals surface area contributed by atoms with Gasteiger partial charge in [0.15, 0.2) is 12.4 Å². The van der Waals surface area contributed by atoms with Crippen molar-refractivity contribution in [2.75, 3.05) is 0 Å². The minimum absolute atomic E-state index is 0.654. The van der Waals surface area contributed by atoms with E-state index in [1.54, 1.807) is 0 Å². The summed E-state index contributed by atoms with van der Waals surface area (Å²) in [6, 6.07) is 0. The summed E-state index contributed by atoms with van der Waals surface area (Å²) in [6.45, 7) is 2.64. The topological polar surface area (TPSA) is 96.2 Å². The SMILES string of the molecule is CC(=O)O[C@@H]1[C@H](O)[C@H](O)[C@H](C)O[C@H]1O. The molecular weight excluding hydrogens is 192 g/mol.